The van der Waals surface area contributed by atoms with Crippen LogP contribution in [-0.4, -0.2) is 5.11 Å². The van der Waals surface area contributed by atoms with Gasteiger partial charge in [0.1, 0.15) is 5.75 Å². The maximum Gasteiger partial charge on any atom is 0.132 e. The molecule has 2 heteroatoms. The van der Waals surface area contributed by atoms with Crippen molar-refractivity contribution in [3.05, 3.63) is 169 Å². The quantitative estimate of drug-likeness (QED) is 0.208. The molecule has 41 heavy (non-hydrogen) atoms. The first-order valence-electron chi connectivity index (χ1n) is 14.0. The summed E-state index contributed by atoms with van der Waals surface area (Å²) in [6.07, 6.45) is 0.783. The normalized spacial score (nSPS) is 11.3. The van der Waals surface area contributed by atoms with Crippen LogP contribution in [-0.2, 0) is 6.42 Å². The Labute approximate surface area is 242 Å². The van der Waals surface area contributed by atoms with Crippen LogP contribution in [0.15, 0.2) is 158 Å². The van der Waals surface area contributed by atoms with Crippen LogP contribution in [0.4, 0.5) is 0 Å². The van der Waals surface area contributed by atoms with Crippen LogP contribution in [0.3, 0.4) is 0 Å². The van der Waals surface area contributed by atoms with Gasteiger partial charge >= 0.3 is 0 Å². The Balaban J connectivity index is 1.57. The average Bonchev–Trinajstić information content (AvgIpc) is 3.03. The minimum Gasteiger partial charge on any atom is -0.507 e. The molecule has 0 spiro atoms. The lowest BCUT2D eigenvalue weighted by molar-refractivity contribution is 0.482. The lowest BCUT2D eigenvalue weighted by atomic mass is 9.87. The van der Waals surface area contributed by atoms with Crippen molar-refractivity contribution in [2.45, 2.75) is 6.42 Å². The Morgan fingerprint density at radius 2 is 0.976 bits per heavy atom. The van der Waals surface area contributed by atoms with Crippen LogP contribution in [0, 0.1) is 0 Å². The summed E-state index contributed by atoms with van der Waals surface area (Å²) in [5.74, 6) is 0.369. The monoisotopic (exact) mass is 544 g/mol. The molecule has 0 amide bonds. The lowest BCUT2D eigenvalue weighted by Crippen LogP contribution is -2.21. The molecular weight excluding hydrogens is 515 g/mol. The number of hydrogen-bond donors (Lipinski definition) is 1. The van der Waals surface area contributed by atoms with Crippen molar-refractivity contribution in [2.75, 3.05) is 0 Å². The van der Waals surface area contributed by atoms with Gasteiger partial charge in [0.25, 0.3) is 0 Å². The van der Waals surface area contributed by atoms with E-state index in [9.17, 15) is 5.11 Å². The third-order valence-electron chi connectivity index (χ3n) is 7.77. The number of benzene rings is 7. The highest BCUT2D eigenvalue weighted by Crippen LogP contribution is 2.46. The predicted octanol–water partition coefficient (Wildman–Crippen LogP) is 8.71. The highest BCUT2D eigenvalue weighted by molar-refractivity contribution is 7.80. The van der Waals surface area contributed by atoms with E-state index in [0.717, 1.165) is 39.0 Å². The van der Waals surface area contributed by atoms with Gasteiger partial charge in [0.15, 0.2) is 0 Å². The van der Waals surface area contributed by atoms with Gasteiger partial charge in [-0.25, -0.2) is 0 Å². The second kappa shape index (κ2) is 11.0. The molecule has 0 radical (unpaired) electrons. The standard InChI is InChI=1S/C39H29OP/c40-39-36(41(32-18-6-2-7-19-32)33-20-8-3-9-21-33)27-30-17-11-13-23-35(30)38(39)37-31(26-28-14-4-1-5-15-28)25-24-29-16-10-12-22-34(29)37/h1-25,27,40H,26H2. The van der Waals surface area contributed by atoms with Gasteiger partial charge in [0.05, 0.1) is 0 Å². The summed E-state index contributed by atoms with van der Waals surface area (Å²) in [6, 6.07) is 55.5. The Hall–Kier alpha value is -4.71. The van der Waals surface area contributed by atoms with Gasteiger partial charge in [0, 0.05) is 10.9 Å². The Kier molecular flexibility index (Phi) is 6.81. The van der Waals surface area contributed by atoms with Crippen molar-refractivity contribution < 1.29 is 5.11 Å². The predicted molar refractivity (Wildman–Crippen MR) is 177 cm³/mol. The van der Waals surface area contributed by atoms with Crippen LogP contribution < -0.4 is 15.9 Å². The van der Waals surface area contributed by atoms with E-state index in [4.69, 9.17) is 0 Å². The molecule has 1 N–H and O–H groups in total. The molecule has 0 heterocycles. The number of hydrogen-bond acceptors (Lipinski definition) is 1. The van der Waals surface area contributed by atoms with E-state index in [-0.39, 0.29) is 0 Å². The SMILES string of the molecule is Oc1c(P(c2ccccc2)c2ccccc2)cc2ccccc2c1-c1c(Cc2ccccc2)ccc2ccccc12. The van der Waals surface area contributed by atoms with Crippen LogP contribution >= 0.6 is 7.92 Å². The third kappa shape index (κ3) is 4.80. The lowest BCUT2D eigenvalue weighted by Gasteiger charge is -2.24. The number of phenols is 1. The van der Waals surface area contributed by atoms with Crippen LogP contribution in [0.5, 0.6) is 5.75 Å². The van der Waals surface area contributed by atoms with E-state index < -0.39 is 7.92 Å². The number of rotatable bonds is 6. The summed E-state index contributed by atoms with van der Waals surface area (Å²) in [5, 5.41) is 20.4. The molecular formula is C39H29OP. The summed E-state index contributed by atoms with van der Waals surface area (Å²) < 4.78 is 0. The molecule has 196 valence electrons. The zero-order valence-corrected chi connectivity index (χ0v) is 23.5. The molecule has 0 aliphatic rings. The summed E-state index contributed by atoms with van der Waals surface area (Å²) in [7, 11) is -0.998. The van der Waals surface area contributed by atoms with Gasteiger partial charge in [-0.3, -0.25) is 0 Å². The van der Waals surface area contributed by atoms with Gasteiger partial charge in [-0.15, -0.1) is 0 Å². The van der Waals surface area contributed by atoms with E-state index in [2.05, 4.69) is 158 Å². The van der Waals surface area contributed by atoms with Crippen molar-refractivity contribution in [1.82, 2.24) is 0 Å². The molecule has 0 atom stereocenters. The molecule has 7 rings (SSSR count). The van der Waals surface area contributed by atoms with Gasteiger partial charge in [-0.2, -0.15) is 0 Å². The van der Waals surface area contributed by atoms with Crippen molar-refractivity contribution in [3.63, 3.8) is 0 Å². The number of fused-ring (bicyclic) bond motifs is 2. The molecule has 1 nitrogen and oxygen atoms in total. The van der Waals surface area contributed by atoms with Crippen molar-refractivity contribution >= 4 is 45.4 Å². The molecule has 7 aromatic carbocycles. The topological polar surface area (TPSA) is 20.2 Å². The van der Waals surface area contributed by atoms with Crippen molar-refractivity contribution in [1.29, 1.82) is 0 Å². The molecule has 7 aromatic rings. The first kappa shape index (κ1) is 25.3. The number of phenolic OH excluding ortho intramolecular Hbond substituents is 1. The van der Waals surface area contributed by atoms with E-state index in [1.54, 1.807) is 0 Å². The van der Waals surface area contributed by atoms with Gasteiger partial charge in [-0.1, -0.05) is 152 Å². The minimum absolute atomic E-state index is 0.369. The van der Waals surface area contributed by atoms with Crippen LogP contribution in [0.2, 0.25) is 0 Å². The average molecular weight is 545 g/mol. The van der Waals surface area contributed by atoms with Crippen molar-refractivity contribution in [3.8, 4) is 16.9 Å². The molecule has 0 aliphatic carbocycles. The third-order valence-corrected chi connectivity index (χ3v) is 10.2. The first-order chi connectivity index (χ1) is 20.3. The molecule has 0 saturated carbocycles. The molecule has 0 aromatic heterocycles. The smallest absolute Gasteiger partial charge is 0.132 e. The zero-order valence-electron chi connectivity index (χ0n) is 22.6. The molecule has 0 bridgehead atoms. The summed E-state index contributed by atoms with van der Waals surface area (Å²) in [5.41, 5.74) is 4.48. The van der Waals surface area contributed by atoms with E-state index >= 15 is 0 Å². The Morgan fingerprint density at radius 3 is 1.61 bits per heavy atom. The maximum absolute atomic E-state index is 12.5. The van der Waals surface area contributed by atoms with E-state index in [1.165, 1.54) is 27.1 Å². The highest BCUT2D eigenvalue weighted by atomic mass is 31.1. The fourth-order valence-electron chi connectivity index (χ4n) is 5.90. The summed E-state index contributed by atoms with van der Waals surface area (Å²) in [4.78, 5) is 0. The number of aromatic hydroxyl groups is 1. The van der Waals surface area contributed by atoms with Gasteiger partial charge < -0.3 is 5.11 Å². The second-order valence-electron chi connectivity index (χ2n) is 10.3. The zero-order chi connectivity index (χ0) is 27.6. The molecule has 0 saturated heterocycles. The molecule has 0 unspecified atom stereocenters. The highest BCUT2D eigenvalue weighted by Gasteiger charge is 2.25. The van der Waals surface area contributed by atoms with Gasteiger partial charge in [-0.05, 0) is 69.3 Å². The first-order valence-corrected chi connectivity index (χ1v) is 15.3. The molecule has 0 aliphatic heterocycles. The van der Waals surface area contributed by atoms with Crippen LogP contribution in [0.25, 0.3) is 32.7 Å². The summed E-state index contributed by atoms with van der Waals surface area (Å²) >= 11 is 0. The Bertz CT molecular complexity index is 1930. The Morgan fingerprint density at radius 1 is 0.463 bits per heavy atom. The minimum atomic E-state index is -0.998. The van der Waals surface area contributed by atoms with E-state index in [0.29, 0.717) is 5.75 Å². The maximum atomic E-state index is 12.5. The molecule has 0 fully saturated rings. The largest absolute Gasteiger partial charge is 0.507 e. The fraction of sp³-hybridized carbons (Fsp3) is 0.0256. The van der Waals surface area contributed by atoms with Crippen LogP contribution in [0.1, 0.15) is 11.1 Å². The summed E-state index contributed by atoms with van der Waals surface area (Å²) in [6.45, 7) is 0. The van der Waals surface area contributed by atoms with Crippen molar-refractivity contribution in [2.24, 2.45) is 0 Å². The van der Waals surface area contributed by atoms with E-state index in [1.807, 2.05) is 0 Å². The van der Waals surface area contributed by atoms with Gasteiger partial charge in [0.2, 0.25) is 0 Å². The second-order valence-corrected chi connectivity index (χ2v) is 12.5. The fourth-order valence-corrected chi connectivity index (χ4v) is 8.29.